The molecule has 2 heterocycles. The monoisotopic (exact) mass is 217 g/mol. The molecule has 0 saturated heterocycles. The van der Waals surface area contributed by atoms with Gasteiger partial charge in [-0.2, -0.15) is 5.10 Å². The summed E-state index contributed by atoms with van der Waals surface area (Å²) >= 11 is 0. The summed E-state index contributed by atoms with van der Waals surface area (Å²) in [4.78, 5) is 2.08. The Bertz CT molecular complexity index is 518. The summed E-state index contributed by atoms with van der Waals surface area (Å²) in [6.45, 7) is 1.57. The molecular weight excluding hydrogens is 202 g/mol. The molecule has 0 aliphatic carbocycles. The van der Waals surface area contributed by atoms with Crippen molar-refractivity contribution in [1.29, 1.82) is 0 Å². The molecule has 0 radical (unpaired) electrons. The standard InChI is InChI=1S/C12H15N3O/c1-14(2)12-11-9-5-3-4-6-10(9)13-15(11)7-8-16-12/h3-6,12H,7-8H2,1-2H3. The van der Waals surface area contributed by atoms with Gasteiger partial charge in [-0.15, -0.1) is 0 Å². The second-order valence-corrected chi connectivity index (χ2v) is 4.31. The SMILES string of the molecule is CN(C)C1OCCn2nc3ccccc3c21. The lowest BCUT2D eigenvalue weighted by molar-refractivity contribution is -0.0644. The molecule has 4 heteroatoms. The highest BCUT2D eigenvalue weighted by molar-refractivity contribution is 5.81. The van der Waals surface area contributed by atoms with Gasteiger partial charge in [0.2, 0.25) is 0 Å². The first-order valence-electron chi connectivity index (χ1n) is 5.51. The smallest absolute Gasteiger partial charge is 0.153 e. The Hall–Kier alpha value is -1.39. The van der Waals surface area contributed by atoms with Crippen LogP contribution in [0, 0.1) is 0 Å². The van der Waals surface area contributed by atoms with Gasteiger partial charge < -0.3 is 4.74 Å². The second kappa shape index (κ2) is 3.57. The van der Waals surface area contributed by atoms with Crippen LogP contribution in [0.2, 0.25) is 0 Å². The molecule has 0 saturated carbocycles. The first-order chi connectivity index (χ1) is 7.77. The van der Waals surface area contributed by atoms with Crippen molar-refractivity contribution in [3.8, 4) is 0 Å². The van der Waals surface area contributed by atoms with E-state index in [1.54, 1.807) is 0 Å². The van der Waals surface area contributed by atoms with E-state index in [9.17, 15) is 0 Å². The van der Waals surface area contributed by atoms with Crippen LogP contribution in [-0.2, 0) is 11.3 Å². The number of aromatic nitrogens is 2. The Balaban J connectivity index is 2.24. The van der Waals surface area contributed by atoms with Crippen LogP contribution in [0.25, 0.3) is 10.9 Å². The number of nitrogens with zero attached hydrogens (tertiary/aromatic N) is 3. The third-order valence-electron chi connectivity index (χ3n) is 2.97. The number of benzene rings is 1. The van der Waals surface area contributed by atoms with E-state index in [1.165, 1.54) is 11.1 Å². The van der Waals surface area contributed by atoms with Gasteiger partial charge >= 0.3 is 0 Å². The quantitative estimate of drug-likeness (QED) is 0.727. The van der Waals surface area contributed by atoms with Crippen molar-refractivity contribution in [2.24, 2.45) is 0 Å². The summed E-state index contributed by atoms with van der Waals surface area (Å²) in [5, 5.41) is 5.79. The third kappa shape index (κ3) is 1.34. The van der Waals surface area contributed by atoms with Gasteiger partial charge in [-0.05, 0) is 20.2 Å². The van der Waals surface area contributed by atoms with Crippen LogP contribution < -0.4 is 0 Å². The molecule has 3 rings (SSSR count). The minimum Gasteiger partial charge on any atom is -0.355 e. The molecule has 2 aromatic rings. The Morgan fingerprint density at radius 3 is 3.00 bits per heavy atom. The van der Waals surface area contributed by atoms with Gasteiger partial charge in [-0.25, -0.2) is 0 Å². The minimum absolute atomic E-state index is 0.0150. The fraction of sp³-hybridized carbons (Fsp3) is 0.417. The molecule has 0 fully saturated rings. The maximum absolute atomic E-state index is 5.80. The molecular formula is C12H15N3O. The van der Waals surface area contributed by atoms with E-state index in [0.717, 1.165) is 18.7 Å². The van der Waals surface area contributed by atoms with Crippen LogP contribution in [0.4, 0.5) is 0 Å². The van der Waals surface area contributed by atoms with E-state index in [2.05, 4.69) is 20.7 Å². The van der Waals surface area contributed by atoms with Gasteiger partial charge in [0, 0.05) is 5.39 Å². The van der Waals surface area contributed by atoms with E-state index in [4.69, 9.17) is 4.74 Å². The molecule has 0 amide bonds. The lowest BCUT2D eigenvalue weighted by atomic mass is 10.2. The van der Waals surface area contributed by atoms with Crippen LogP contribution in [-0.4, -0.2) is 35.4 Å². The Kier molecular flexibility index (Phi) is 2.19. The van der Waals surface area contributed by atoms with Gasteiger partial charge in [0.1, 0.15) is 0 Å². The Morgan fingerprint density at radius 1 is 1.38 bits per heavy atom. The lowest BCUT2D eigenvalue weighted by Crippen LogP contribution is -2.31. The zero-order valence-corrected chi connectivity index (χ0v) is 9.55. The average molecular weight is 217 g/mol. The highest BCUT2D eigenvalue weighted by Gasteiger charge is 2.26. The van der Waals surface area contributed by atoms with Crippen molar-refractivity contribution < 1.29 is 4.74 Å². The van der Waals surface area contributed by atoms with Crippen molar-refractivity contribution in [2.45, 2.75) is 12.8 Å². The highest BCUT2D eigenvalue weighted by Crippen LogP contribution is 2.30. The number of ether oxygens (including phenoxy) is 1. The predicted octanol–water partition coefficient (Wildman–Crippen LogP) is 1.63. The van der Waals surface area contributed by atoms with E-state index in [-0.39, 0.29) is 6.23 Å². The fourth-order valence-corrected chi connectivity index (χ4v) is 2.25. The molecule has 1 unspecified atom stereocenters. The first kappa shape index (κ1) is 9.81. The Labute approximate surface area is 94.4 Å². The summed E-state index contributed by atoms with van der Waals surface area (Å²) in [6.07, 6.45) is 0.0150. The number of hydrogen-bond acceptors (Lipinski definition) is 3. The second-order valence-electron chi connectivity index (χ2n) is 4.31. The van der Waals surface area contributed by atoms with Crippen LogP contribution in [0.3, 0.4) is 0 Å². The summed E-state index contributed by atoms with van der Waals surface area (Å²) < 4.78 is 7.87. The van der Waals surface area contributed by atoms with Crippen molar-refractivity contribution >= 4 is 10.9 Å². The fourth-order valence-electron chi connectivity index (χ4n) is 2.25. The van der Waals surface area contributed by atoms with Crippen LogP contribution in [0.1, 0.15) is 11.9 Å². The predicted molar refractivity (Wildman–Crippen MR) is 62.1 cm³/mol. The molecule has 1 aromatic heterocycles. The lowest BCUT2D eigenvalue weighted by Gasteiger charge is -2.29. The van der Waals surface area contributed by atoms with E-state index < -0.39 is 0 Å². The average Bonchev–Trinajstić information content (AvgIpc) is 2.66. The molecule has 1 aliphatic heterocycles. The van der Waals surface area contributed by atoms with Crippen molar-refractivity contribution in [2.75, 3.05) is 20.7 Å². The van der Waals surface area contributed by atoms with Gasteiger partial charge in [-0.1, -0.05) is 18.2 Å². The van der Waals surface area contributed by atoms with Crippen molar-refractivity contribution in [3.05, 3.63) is 30.0 Å². The topological polar surface area (TPSA) is 30.3 Å². The van der Waals surface area contributed by atoms with Gasteiger partial charge in [0.05, 0.1) is 24.4 Å². The molecule has 1 aliphatic rings. The molecule has 84 valence electrons. The summed E-state index contributed by atoms with van der Waals surface area (Å²) in [5.74, 6) is 0. The van der Waals surface area contributed by atoms with Crippen molar-refractivity contribution in [1.82, 2.24) is 14.7 Å². The molecule has 0 bridgehead atoms. The number of hydrogen-bond donors (Lipinski definition) is 0. The van der Waals surface area contributed by atoms with Gasteiger partial charge in [-0.3, -0.25) is 9.58 Å². The number of rotatable bonds is 1. The highest BCUT2D eigenvalue weighted by atomic mass is 16.5. The molecule has 1 aromatic carbocycles. The Morgan fingerprint density at radius 2 is 2.19 bits per heavy atom. The van der Waals surface area contributed by atoms with Crippen LogP contribution >= 0.6 is 0 Å². The number of fused-ring (bicyclic) bond motifs is 3. The van der Waals surface area contributed by atoms with Gasteiger partial charge in [0.25, 0.3) is 0 Å². The van der Waals surface area contributed by atoms with E-state index in [0.29, 0.717) is 0 Å². The van der Waals surface area contributed by atoms with Crippen LogP contribution in [0.15, 0.2) is 24.3 Å². The van der Waals surface area contributed by atoms with Crippen molar-refractivity contribution in [3.63, 3.8) is 0 Å². The maximum Gasteiger partial charge on any atom is 0.153 e. The zero-order chi connectivity index (χ0) is 11.1. The van der Waals surface area contributed by atoms with E-state index >= 15 is 0 Å². The largest absolute Gasteiger partial charge is 0.355 e. The van der Waals surface area contributed by atoms with E-state index in [1.807, 2.05) is 32.3 Å². The molecule has 4 nitrogen and oxygen atoms in total. The normalized spacial score (nSPS) is 20.3. The summed E-state index contributed by atoms with van der Waals surface area (Å²) in [5.41, 5.74) is 2.22. The summed E-state index contributed by atoms with van der Waals surface area (Å²) in [6, 6.07) is 8.23. The van der Waals surface area contributed by atoms with Gasteiger partial charge in [0.15, 0.2) is 6.23 Å². The molecule has 0 spiro atoms. The van der Waals surface area contributed by atoms with Crippen LogP contribution in [0.5, 0.6) is 0 Å². The molecule has 0 N–H and O–H groups in total. The maximum atomic E-state index is 5.80. The first-order valence-corrected chi connectivity index (χ1v) is 5.51. The zero-order valence-electron chi connectivity index (χ0n) is 9.55. The third-order valence-corrected chi connectivity index (χ3v) is 2.97. The molecule has 1 atom stereocenters. The molecule has 16 heavy (non-hydrogen) atoms. The minimum atomic E-state index is 0.0150. The summed E-state index contributed by atoms with van der Waals surface area (Å²) in [7, 11) is 4.06.